The van der Waals surface area contributed by atoms with Gasteiger partial charge in [-0.3, -0.25) is 4.79 Å². The fraction of sp³-hybridized carbons (Fsp3) is 0.208. The first-order chi connectivity index (χ1) is 15.0. The smallest absolute Gasteiger partial charge is 0.291 e. The number of para-hydroxylation sites is 1. The molecule has 31 heavy (non-hydrogen) atoms. The Kier molecular flexibility index (Phi) is 6.13. The molecule has 4 rings (SSSR count). The van der Waals surface area contributed by atoms with E-state index in [4.69, 9.17) is 9.47 Å². The third kappa shape index (κ3) is 4.67. The molecule has 0 saturated heterocycles. The maximum Gasteiger partial charge on any atom is 0.291 e. The zero-order chi connectivity index (χ0) is 21.8. The Bertz CT molecular complexity index is 1320. The van der Waals surface area contributed by atoms with E-state index in [1.165, 1.54) is 15.9 Å². The highest BCUT2D eigenvalue weighted by Crippen LogP contribution is 2.21. The number of allylic oxidation sites excluding steroid dienone is 1. The van der Waals surface area contributed by atoms with Gasteiger partial charge in [-0.1, -0.05) is 55.5 Å². The SMILES string of the molecule is COc1ccccc1/C=C/C=c1sc2nc(-c3ccc(OCC(C)C)cc3)nn2c1=O. The van der Waals surface area contributed by atoms with Crippen molar-refractivity contribution >= 4 is 28.4 Å². The van der Waals surface area contributed by atoms with E-state index in [-0.39, 0.29) is 5.56 Å². The zero-order valence-electron chi connectivity index (χ0n) is 17.6. The van der Waals surface area contributed by atoms with Crippen molar-refractivity contribution in [3.05, 3.63) is 75.1 Å². The minimum atomic E-state index is -0.180. The van der Waals surface area contributed by atoms with Gasteiger partial charge >= 0.3 is 0 Å². The molecular formula is C24H23N3O3S. The lowest BCUT2D eigenvalue weighted by Gasteiger charge is -2.08. The predicted molar refractivity (Wildman–Crippen MR) is 125 cm³/mol. The summed E-state index contributed by atoms with van der Waals surface area (Å²) in [5.41, 5.74) is 1.60. The van der Waals surface area contributed by atoms with Gasteiger partial charge in [-0.2, -0.15) is 9.50 Å². The number of rotatable bonds is 7. The first kappa shape index (κ1) is 20.8. The van der Waals surface area contributed by atoms with Crippen molar-refractivity contribution < 1.29 is 9.47 Å². The Morgan fingerprint density at radius 3 is 2.61 bits per heavy atom. The van der Waals surface area contributed by atoms with Crippen molar-refractivity contribution in [2.45, 2.75) is 13.8 Å². The van der Waals surface area contributed by atoms with Gasteiger partial charge in [0.2, 0.25) is 4.96 Å². The van der Waals surface area contributed by atoms with Gasteiger partial charge < -0.3 is 9.47 Å². The number of methoxy groups -OCH3 is 1. The number of aromatic nitrogens is 3. The number of ether oxygens (including phenoxy) is 2. The monoisotopic (exact) mass is 433 g/mol. The lowest BCUT2D eigenvalue weighted by Crippen LogP contribution is -2.23. The predicted octanol–water partition coefficient (Wildman–Crippen LogP) is 4.07. The summed E-state index contributed by atoms with van der Waals surface area (Å²) >= 11 is 1.31. The largest absolute Gasteiger partial charge is 0.496 e. The molecule has 2 aromatic carbocycles. The van der Waals surface area contributed by atoms with Gasteiger partial charge in [0.15, 0.2) is 5.82 Å². The highest BCUT2D eigenvalue weighted by molar-refractivity contribution is 7.15. The average molecular weight is 434 g/mol. The van der Waals surface area contributed by atoms with Crippen LogP contribution in [0, 0.1) is 5.92 Å². The molecule has 0 aliphatic heterocycles. The molecule has 0 amide bonds. The quantitative estimate of drug-likeness (QED) is 0.440. The minimum Gasteiger partial charge on any atom is -0.496 e. The lowest BCUT2D eigenvalue weighted by atomic mass is 10.2. The Labute approximate surface area is 184 Å². The van der Waals surface area contributed by atoms with Crippen LogP contribution in [0.5, 0.6) is 11.5 Å². The van der Waals surface area contributed by atoms with Crippen LogP contribution in [0.2, 0.25) is 0 Å². The number of hydrogen-bond donors (Lipinski definition) is 0. The molecule has 0 fully saturated rings. The van der Waals surface area contributed by atoms with Crippen LogP contribution in [-0.4, -0.2) is 28.3 Å². The van der Waals surface area contributed by atoms with Gasteiger partial charge in [0, 0.05) is 11.1 Å². The number of thiazole rings is 1. The molecule has 4 aromatic rings. The Balaban J connectivity index is 1.56. The van der Waals surface area contributed by atoms with Crippen LogP contribution >= 0.6 is 11.3 Å². The maximum absolute atomic E-state index is 12.7. The van der Waals surface area contributed by atoms with Crippen molar-refractivity contribution in [2.24, 2.45) is 5.92 Å². The summed E-state index contributed by atoms with van der Waals surface area (Å²) in [6.45, 7) is 4.88. The molecule has 6 nitrogen and oxygen atoms in total. The van der Waals surface area contributed by atoms with Gasteiger partial charge in [0.1, 0.15) is 11.5 Å². The van der Waals surface area contributed by atoms with Crippen molar-refractivity contribution in [3.8, 4) is 22.9 Å². The summed E-state index contributed by atoms with van der Waals surface area (Å²) in [5.74, 6) is 2.58. The molecule has 0 atom stereocenters. The van der Waals surface area contributed by atoms with Crippen molar-refractivity contribution in [1.29, 1.82) is 0 Å². The highest BCUT2D eigenvalue weighted by Gasteiger charge is 2.12. The van der Waals surface area contributed by atoms with Crippen LogP contribution in [-0.2, 0) is 0 Å². The summed E-state index contributed by atoms with van der Waals surface area (Å²) in [5, 5.41) is 4.40. The molecule has 0 saturated carbocycles. The Morgan fingerprint density at radius 2 is 1.90 bits per heavy atom. The van der Waals surface area contributed by atoms with Gasteiger partial charge in [-0.05, 0) is 42.3 Å². The van der Waals surface area contributed by atoms with Crippen LogP contribution in [0.15, 0.2) is 59.4 Å². The van der Waals surface area contributed by atoms with Crippen molar-refractivity contribution in [3.63, 3.8) is 0 Å². The average Bonchev–Trinajstić information content (AvgIpc) is 3.32. The molecule has 0 spiro atoms. The van der Waals surface area contributed by atoms with Gasteiger partial charge in [0.25, 0.3) is 5.56 Å². The molecular weight excluding hydrogens is 410 g/mol. The molecule has 0 aliphatic carbocycles. The van der Waals surface area contributed by atoms with E-state index in [0.717, 1.165) is 22.6 Å². The fourth-order valence-electron chi connectivity index (χ4n) is 2.98. The topological polar surface area (TPSA) is 65.7 Å². The van der Waals surface area contributed by atoms with Crippen molar-refractivity contribution in [1.82, 2.24) is 14.6 Å². The van der Waals surface area contributed by atoms with E-state index in [2.05, 4.69) is 23.9 Å². The first-order valence-corrected chi connectivity index (χ1v) is 10.8. The molecule has 158 valence electrons. The van der Waals surface area contributed by atoms with Crippen LogP contribution in [0.25, 0.3) is 28.5 Å². The molecule has 2 aromatic heterocycles. The molecule has 0 radical (unpaired) electrons. The number of benzene rings is 2. The van der Waals surface area contributed by atoms with E-state index in [1.807, 2.05) is 60.7 Å². The number of fused-ring (bicyclic) bond motifs is 1. The maximum atomic E-state index is 12.7. The Morgan fingerprint density at radius 1 is 1.13 bits per heavy atom. The van der Waals surface area contributed by atoms with E-state index in [0.29, 0.717) is 27.8 Å². The summed E-state index contributed by atoms with van der Waals surface area (Å²) in [6, 6.07) is 15.3. The molecule has 2 heterocycles. The number of nitrogens with zero attached hydrogens (tertiary/aromatic N) is 3. The number of hydrogen-bond acceptors (Lipinski definition) is 6. The summed E-state index contributed by atoms with van der Waals surface area (Å²) in [7, 11) is 1.63. The molecule has 7 heteroatoms. The molecule has 0 bridgehead atoms. The van der Waals surface area contributed by atoms with E-state index in [9.17, 15) is 4.79 Å². The van der Waals surface area contributed by atoms with E-state index < -0.39 is 0 Å². The Hall–Kier alpha value is -3.45. The lowest BCUT2D eigenvalue weighted by molar-refractivity contribution is 0.271. The summed E-state index contributed by atoms with van der Waals surface area (Å²) in [4.78, 5) is 17.8. The molecule has 0 unspecified atom stereocenters. The third-order valence-electron chi connectivity index (χ3n) is 4.54. The third-order valence-corrected chi connectivity index (χ3v) is 5.52. The summed E-state index contributed by atoms with van der Waals surface area (Å²) in [6.07, 6.45) is 5.51. The van der Waals surface area contributed by atoms with E-state index >= 15 is 0 Å². The van der Waals surface area contributed by atoms with Crippen LogP contribution in [0.1, 0.15) is 19.4 Å². The standard InChI is InChI=1S/C24H23N3O3S/c1-16(2)15-30-19-13-11-18(12-14-19)22-25-24-27(26-22)23(28)21(31-24)10-6-8-17-7-4-5-9-20(17)29-3/h4-14,16H,15H2,1-3H3/b8-6+,21-10?. The molecule has 0 N–H and O–H groups in total. The second-order valence-corrected chi connectivity index (χ2v) is 8.41. The zero-order valence-corrected chi connectivity index (χ0v) is 18.4. The summed E-state index contributed by atoms with van der Waals surface area (Å²) < 4.78 is 13.0. The van der Waals surface area contributed by atoms with Crippen LogP contribution in [0.4, 0.5) is 0 Å². The second-order valence-electron chi connectivity index (χ2n) is 7.40. The van der Waals surface area contributed by atoms with E-state index in [1.54, 1.807) is 13.2 Å². The first-order valence-electron chi connectivity index (χ1n) is 9.99. The highest BCUT2D eigenvalue weighted by atomic mass is 32.1. The normalized spacial score (nSPS) is 12.3. The fourth-order valence-corrected chi connectivity index (χ4v) is 3.84. The minimum absolute atomic E-state index is 0.180. The molecule has 0 aliphatic rings. The van der Waals surface area contributed by atoms with Gasteiger partial charge in [0.05, 0.1) is 18.2 Å². The second kappa shape index (κ2) is 9.14. The van der Waals surface area contributed by atoms with Crippen LogP contribution < -0.4 is 19.6 Å². The van der Waals surface area contributed by atoms with Crippen LogP contribution in [0.3, 0.4) is 0 Å². The van der Waals surface area contributed by atoms with Gasteiger partial charge in [-0.15, -0.1) is 5.10 Å². The van der Waals surface area contributed by atoms with Crippen molar-refractivity contribution in [2.75, 3.05) is 13.7 Å². The van der Waals surface area contributed by atoms with Gasteiger partial charge in [-0.25, -0.2) is 0 Å².